The summed E-state index contributed by atoms with van der Waals surface area (Å²) < 4.78 is 31.0. The molecule has 42 heavy (non-hydrogen) atoms. The Morgan fingerprint density at radius 3 is 1.62 bits per heavy atom. The fourth-order valence-electron chi connectivity index (χ4n) is 6.39. The van der Waals surface area contributed by atoms with Crippen molar-refractivity contribution < 1.29 is 8.78 Å². The molecule has 3 aromatic rings. The van der Waals surface area contributed by atoms with Gasteiger partial charge in [-0.15, -0.1) is 0 Å². The van der Waals surface area contributed by atoms with Crippen LogP contribution in [-0.4, -0.2) is 0 Å². The van der Waals surface area contributed by atoms with E-state index in [-0.39, 0.29) is 5.41 Å². The van der Waals surface area contributed by atoms with Crippen molar-refractivity contribution in [3.63, 3.8) is 0 Å². The summed E-state index contributed by atoms with van der Waals surface area (Å²) in [5.74, 6) is -1.53. The number of rotatable bonds is 17. The summed E-state index contributed by atoms with van der Waals surface area (Å²) >= 11 is 0. The van der Waals surface area contributed by atoms with Crippen LogP contribution >= 0.6 is 0 Å². The maximum absolute atomic E-state index is 15.5. The van der Waals surface area contributed by atoms with Gasteiger partial charge in [-0.05, 0) is 46.9 Å². The first-order valence-electron chi connectivity index (χ1n) is 16.6. The van der Waals surface area contributed by atoms with Gasteiger partial charge in [0.2, 0.25) is 0 Å². The molecule has 4 rings (SSSR count). The Labute approximate surface area is 254 Å². The third-order valence-electron chi connectivity index (χ3n) is 9.10. The number of unbranched alkanes of at least 4 members (excludes halogenated alkanes) is 10. The topological polar surface area (TPSA) is 0 Å². The molecule has 0 nitrogen and oxygen atoms in total. The van der Waals surface area contributed by atoms with Crippen LogP contribution in [0.1, 0.15) is 116 Å². The van der Waals surface area contributed by atoms with Gasteiger partial charge in [0.15, 0.2) is 11.6 Å². The molecule has 0 bridgehead atoms. The van der Waals surface area contributed by atoms with Crippen molar-refractivity contribution in [2.24, 2.45) is 5.41 Å². The fraction of sp³-hybridized carbons (Fsp3) is 0.450. The highest BCUT2D eigenvalue weighted by molar-refractivity contribution is 5.78. The van der Waals surface area contributed by atoms with E-state index < -0.39 is 11.6 Å². The normalized spacial score (nSPS) is 14.2. The lowest BCUT2D eigenvalue weighted by Gasteiger charge is -2.33. The summed E-state index contributed by atoms with van der Waals surface area (Å²) in [6.45, 7) is 4.52. The second-order valence-electron chi connectivity index (χ2n) is 12.3. The highest BCUT2D eigenvalue weighted by Gasteiger charge is 2.28. The minimum absolute atomic E-state index is 0.147. The Balaban J connectivity index is 1.44. The largest absolute Gasteiger partial charge is 0.203 e. The molecule has 0 atom stereocenters. The van der Waals surface area contributed by atoms with E-state index in [1.165, 1.54) is 89.9 Å². The van der Waals surface area contributed by atoms with Crippen LogP contribution in [0.4, 0.5) is 8.78 Å². The second-order valence-corrected chi connectivity index (χ2v) is 12.3. The molecule has 0 N–H and O–H groups in total. The van der Waals surface area contributed by atoms with Gasteiger partial charge >= 0.3 is 0 Å². The van der Waals surface area contributed by atoms with Crippen LogP contribution in [0, 0.1) is 17.0 Å². The van der Waals surface area contributed by atoms with Crippen LogP contribution in [0.25, 0.3) is 27.8 Å². The number of hydrogen-bond donors (Lipinski definition) is 0. The maximum atomic E-state index is 15.5. The zero-order valence-corrected chi connectivity index (χ0v) is 25.9. The van der Waals surface area contributed by atoms with Gasteiger partial charge in [0.1, 0.15) is 0 Å². The van der Waals surface area contributed by atoms with Crippen LogP contribution in [-0.2, 0) is 0 Å². The summed E-state index contributed by atoms with van der Waals surface area (Å²) in [5, 5.41) is 0. The lowest BCUT2D eigenvalue weighted by atomic mass is 9.72. The lowest BCUT2D eigenvalue weighted by Crippen LogP contribution is -2.20. The first-order valence-corrected chi connectivity index (χ1v) is 16.6. The SMILES string of the molecule is CCCCCCCCC1(CCCCCCCC)C=CC(c2ccc(-c3ccc(-c4ccccc4)cc3)c(F)c2F)=CC1. The van der Waals surface area contributed by atoms with Crippen molar-refractivity contribution in [2.75, 3.05) is 0 Å². The van der Waals surface area contributed by atoms with Crippen LogP contribution < -0.4 is 0 Å². The predicted octanol–water partition coefficient (Wildman–Crippen LogP) is 13.1. The van der Waals surface area contributed by atoms with E-state index in [1.54, 1.807) is 12.1 Å². The van der Waals surface area contributed by atoms with Gasteiger partial charge in [-0.25, -0.2) is 8.78 Å². The van der Waals surface area contributed by atoms with E-state index in [9.17, 15) is 0 Å². The molecule has 0 aromatic heterocycles. The van der Waals surface area contributed by atoms with Crippen LogP contribution in [0.3, 0.4) is 0 Å². The molecule has 0 heterocycles. The molecule has 0 aliphatic heterocycles. The molecular formula is C40H50F2. The molecule has 1 aliphatic carbocycles. The first-order chi connectivity index (χ1) is 20.6. The summed E-state index contributed by atoms with van der Waals surface area (Å²) in [6, 6.07) is 21.2. The van der Waals surface area contributed by atoms with Gasteiger partial charge in [-0.1, -0.05) is 176 Å². The highest BCUT2D eigenvalue weighted by Crippen LogP contribution is 2.43. The van der Waals surface area contributed by atoms with Crippen LogP contribution in [0.5, 0.6) is 0 Å². The fourth-order valence-corrected chi connectivity index (χ4v) is 6.39. The molecule has 2 heteroatoms. The van der Waals surface area contributed by atoms with Crippen LogP contribution in [0.15, 0.2) is 85.0 Å². The molecular weight excluding hydrogens is 518 g/mol. The Hall–Kier alpha value is -3.00. The summed E-state index contributed by atoms with van der Waals surface area (Å²) in [6.07, 6.45) is 25.4. The quantitative estimate of drug-likeness (QED) is 0.142. The van der Waals surface area contributed by atoms with Gasteiger partial charge in [-0.3, -0.25) is 0 Å². The first kappa shape index (κ1) is 31.9. The van der Waals surface area contributed by atoms with Crippen molar-refractivity contribution in [1.82, 2.24) is 0 Å². The van der Waals surface area contributed by atoms with Gasteiger partial charge in [-0.2, -0.15) is 0 Å². The maximum Gasteiger partial charge on any atom is 0.167 e. The van der Waals surface area contributed by atoms with Crippen molar-refractivity contribution in [3.05, 3.63) is 102 Å². The monoisotopic (exact) mass is 568 g/mol. The average molecular weight is 569 g/mol. The van der Waals surface area contributed by atoms with Crippen molar-refractivity contribution in [1.29, 1.82) is 0 Å². The predicted molar refractivity (Wildman–Crippen MR) is 177 cm³/mol. The summed E-state index contributed by atoms with van der Waals surface area (Å²) in [7, 11) is 0. The molecule has 224 valence electrons. The van der Waals surface area contributed by atoms with Crippen LogP contribution in [0.2, 0.25) is 0 Å². The van der Waals surface area contributed by atoms with E-state index in [0.717, 1.165) is 23.1 Å². The zero-order chi connectivity index (χ0) is 29.6. The van der Waals surface area contributed by atoms with Gasteiger partial charge < -0.3 is 0 Å². The van der Waals surface area contributed by atoms with Gasteiger partial charge in [0.05, 0.1) is 0 Å². The molecule has 0 unspecified atom stereocenters. The van der Waals surface area contributed by atoms with Gasteiger partial charge in [0, 0.05) is 11.1 Å². The zero-order valence-electron chi connectivity index (χ0n) is 25.9. The van der Waals surface area contributed by atoms with Crippen molar-refractivity contribution in [3.8, 4) is 22.3 Å². The Kier molecular flexibility index (Phi) is 12.6. The number of halogens is 2. The van der Waals surface area contributed by atoms with E-state index in [2.05, 4.69) is 32.1 Å². The summed E-state index contributed by atoms with van der Waals surface area (Å²) in [5.41, 5.74) is 4.46. The Morgan fingerprint density at radius 1 is 0.548 bits per heavy atom. The average Bonchev–Trinajstić information content (AvgIpc) is 3.03. The molecule has 0 amide bonds. The van der Waals surface area contributed by atoms with E-state index in [0.29, 0.717) is 16.7 Å². The van der Waals surface area contributed by atoms with Gasteiger partial charge in [0.25, 0.3) is 0 Å². The molecule has 0 saturated heterocycles. The van der Waals surface area contributed by atoms with E-state index in [4.69, 9.17) is 0 Å². The molecule has 0 fully saturated rings. The highest BCUT2D eigenvalue weighted by atomic mass is 19.2. The Morgan fingerprint density at radius 2 is 1.05 bits per heavy atom. The standard InChI is InChI=1S/C40H50F2/c1-3-5-7-9-11-16-28-40(29-17-12-10-8-6-4-2)30-26-35(27-31-40)37-25-24-36(38(41)39(37)42)34-22-20-33(21-23-34)32-18-14-13-15-19-32/h13-15,18-27,30H,3-12,16-17,28-29,31H2,1-2H3. The molecule has 3 aromatic carbocycles. The molecule has 0 saturated carbocycles. The van der Waals surface area contributed by atoms with Crippen molar-refractivity contribution >= 4 is 5.57 Å². The molecule has 0 spiro atoms. The smallest absolute Gasteiger partial charge is 0.167 e. The minimum Gasteiger partial charge on any atom is -0.203 e. The molecule has 0 radical (unpaired) electrons. The number of hydrogen-bond acceptors (Lipinski definition) is 0. The summed E-state index contributed by atoms with van der Waals surface area (Å²) in [4.78, 5) is 0. The second kappa shape index (κ2) is 16.6. The minimum atomic E-state index is -0.773. The number of benzene rings is 3. The lowest BCUT2D eigenvalue weighted by molar-refractivity contribution is 0.297. The molecule has 1 aliphatic rings. The van der Waals surface area contributed by atoms with E-state index >= 15 is 8.78 Å². The third-order valence-corrected chi connectivity index (χ3v) is 9.10. The third kappa shape index (κ3) is 8.76. The Bertz CT molecular complexity index is 1270. The van der Waals surface area contributed by atoms with E-state index in [1.807, 2.05) is 54.6 Å². The van der Waals surface area contributed by atoms with Crippen molar-refractivity contribution in [2.45, 2.75) is 110 Å². The number of allylic oxidation sites excluding steroid dienone is 4.